The second kappa shape index (κ2) is 9.06. The maximum absolute atomic E-state index is 11.9. The Balaban J connectivity index is 2.02. The molecule has 0 bridgehead atoms. The van der Waals surface area contributed by atoms with E-state index in [0.717, 1.165) is 52.5 Å². The second-order valence-electron chi connectivity index (χ2n) is 6.80. The van der Waals surface area contributed by atoms with Crippen LogP contribution in [0.25, 0.3) is 11.2 Å². The van der Waals surface area contributed by atoms with Crippen molar-refractivity contribution in [2.24, 2.45) is 0 Å². The van der Waals surface area contributed by atoms with Crippen molar-refractivity contribution in [3.05, 3.63) is 52.4 Å². The van der Waals surface area contributed by atoms with Crippen LogP contribution in [0.4, 0.5) is 10.5 Å². The van der Waals surface area contributed by atoms with E-state index in [1.807, 2.05) is 38.1 Å². The highest BCUT2D eigenvalue weighted by Gasteiger charge is 2.15. The first-order chi connectivity index (χ1) is 13.5. The summed E-state index contributed by atoms with van der Waals surface area (Å²) in [5.74, 6) is 0.999. The van der Waals surface area contributed by atoms with Gasteiger partial charge < -0.3 is 15.2 Å². The van der Waals surface area contributed by atoms with E-state index in [0.29, 0.717) is 18.8 Å². The average Bonchev–Trinajstić information content (AvgIpc) is 2.97. The van der Waals surface area contributed by atoms with Crippen LogP contribution in [0.1, 0.15) is 43.8 Å². The van der Waals surface area contributed by atoms with Crippen LogP contribution in [-0.2, 0) is 13.0 Å². The number of amides is 2. The largest absolute Gasteiger partial charge is 0.338 e. The first kappa shape index (κ1) is 20.1. The number of benzene rings is 1. The Morgan fingerprint density at radius 3 is 2.75 bits per heavy atom. The number of hydrogen-bond acceptors (Lipinski definition) is 3. The van der Waals surface area contributed by atoms with Gasteiger partial charge >= 0.3 is 6.03 Å². The molecule has 0 fully saturated rings. The number of aromatic nitrogens is 3. The van der Waals surface area contributed by atoms with Gasteiger partial charge in [-0.15, -0.1) is 0 Å². The van der Waals surface area contributed by atoms with Gasteiger partial charge in [0.05, 0.1) is 17.9 Å². The highest BCUT2D eigenvalue weighted by atomic mass is 35.5. The number of urea groups is 1. The van der Waals surface area contributed by atoms with Gasteiger partial charge in [-0.3, -0.25) is 0 Å². The van der Waals surface area contributed by atoms with Gasteiger partial charge in [0.25, 0.3) is 0 Å². The minimum absolute atomic E-state index is 0.240. The lowest BCUT2D eigenvalue weighted by Gasteiger charge is -2.11. The number of fused-ring (bicyclic) bond motifs is 1. The first-order valence-corrected chi connectivity index (χ1v) is 10.1. The van der Waals surface area contributed by atoms with Gasteiger partial charge in [-0.2, -0.15) is 0 Å². The van der Waals surface area contributed by atoms with E-state index in [4.69, 9.17) is 21.6 Å². The molecule has 0 saturated carbocycles. The van der Waals surface area contributed by atoms with E-state index in [1.165, 1.54) is 0 Å². The maximum atomic E-state index is 11.9. The molecular weight excluding hydrogens is 374 g/mol. The second-order valence-corrected chi connectivity index (χ2v) is 7.23. The number of aryl methyl sites for hydroxylation is 2. The molecule has 0 spiro atoms. The first-order valence-electron chi connectivity index (χ1n) is 9.67. The predicted molar refractivity (Wildman–Crippen MR) is 114 cm³/mol. The molecule has 2 heterocycles. The number of carbonyl (C=O) groups excluding carboxylic acids is 1. The zero-order chi connectivity index (χ0) is 20.1. The SMILES string of the molecule is CCCCc1nc2cc(NC(=O)NCC)c(C)nc2n1Cc1cccc(Cl)c1. The van der Waals surface area contributed by atoms with Gasteiger partial charge in [-0.25, -0.2) is 14.8 Å². The van der Waals surface area contributed by atoms with Crippen molar-refractivity contribution >= 4 is 34.5 Å². The number of imidazole rings is 1. The summed E-state index contributed by atoms with van der Waals surface area (Å²) in [7, 11) is 0. The minimum Gasteiger partial charge on any atom is -0.338 e. The lowest BCUT2D eigenvalue weighted by Crippen LogP contribution is -2.28. The molecule has 2 aromatic heterocycles. The van der Waals surface area contributed by atoms with Gasteiger partial charge in [0.15, 0.2) is 5.65 Å². The molecule has 0 radical (unpaired) electrons. The highest BCUT2D eigenvalue weighted by Crippen LogP contribution is 2.24. The quantitative estimate of drug-likeness (QED) is 0.591. The summed E-state index contributed by atoms with van der Waals surface area (Å²) in [6, 6.07) is 9.51. The van der Waals surface area contributed by atoms with Crippen molar-refractivity contribution in [2.45, 2.75) is 46.6 Å². The van der Waals surface area contributed by atoms with Crippen LogP contribution >= 0.6 is 11.6 Å². The molecule has 28 heavy (non-hydrogen) atoms. The maximum Gasteiger partial charge on any atom is 0.319 e. The molecule has 0 atom stereocenters. The van der Waals surface area contributed by atoms with Crippen LogP contribution in [0.3, 0.4) is 0 Å². The predicted octanol–water partition coefficient (Wildman–Crippen LogP) is 4.93. The van der Waals surface area contributed by atoms with Crippen molar-refractivity contribution in [1.29, 1.82) is 0 Å². The Labute approximate surface area is 170 Å². The van der Waals surface area contributed by atoms with E-state index in [2.05, 4.69) is 28.2 Å². The van der Waals surface area contributed by atoms with Crippen molar-refractivity contribution in [3.8, 4) is 0 Å². The third kappa shape index (κ3) is 4.62. The molecule has 3 rings (SSSR count). The lowest BCUT2D eigenvalue weighted by molar-refractivity contribution is 0.252. The average molecular weight is 400 g/mol. The molecule has 1 aromatic carbocycles. The zero-order valence-electron chi connectivity index (χ0n) is 16.6. The van der Waals surface area contributed by atoms with Crippen molar-refractivity contribution in [3.63, 3.8) is 0 Å². The summed E-state index contributed by atoms with van der Waals surface area (Å²) in [6.07, 6.45) is 3.03. The summed E-state index contributed by atoms with van der Waals surface area (Å²) in [4.78, 5) is 21.5. The molecule has 6 nitrogen and oxygen atoms in total. The smallest absolute Gasteiger partial charge is 0.319 e. The van der Waals surface area contributed by atoms with Crippen LogP contribution in [0.2, 0.25) is 5.02 Å². The van der Waals surface area contributed by atoms with Gasteiger partial charge in [0.2, 0.25) is 0 Å². The molecular formula is C21H26ClN5O. The normalized spacial score (nSPS) is 11.0. The number of rotatable bonds is 7. The number of nitrogens with zero attached hydrogens (tertiary/aromatic N) is 3. The number of hydrogen-bond donors (Lipinski definition) is 2. The number of halogens is 1. The minimum atomic E-state index is -0.240. The number of carbonyl (C=O) groups is 1. The summed E-state index contributed by atoms with van der Waals surface area (Å²) >= 11 is 6.16. The van der Waals surface area contributed by atoms with Crippen LogP contribution in [-0.4, -0.2) is 27.1 Å². The molecule has 0 saturated heterocycles. The molecule has 0 aliphatic rings. The Hall–Kier alpha value is -2.60. The number of anilines is 1. The molecule has 0 aliphatic carbocycles. The third-order valence-corrected chi connectivity index (χ3v) is 4.79. The fraction of sp³-hybridized carbons (Fsp3) is 0.381. The Morgan fingerprint density at radius 2 is 2.04 bits per heavy atom. The summed E-state index contributed by atoms with van der Waals surface area (Å²) in [5.41, 5.74) is 4.14. The topological polar surface area (TPSA) is 71.8 Å². The van der Waals surface area contributed by atoms with Crippen LogP contribution < -0.4 is 10.6 Å². The van der Waals surface area contributed by atoms with Gasteiger partial charge in [0.1, 0.15) is 11.3 Å². The number of pyridine rings is 1. The van der Waals surface area contributed by atoms with E-state index in [-0.39, 0.29) is 6.03 Å². The van der Waals surface area contributed by atoms with E-state index < -0.39 is 0 Å². The molecule has 2 amide bonds. The Morgan fingerprint density at radius 1 is 1.21 bits per heavy atom. The molecule has 0 aliphatic heterocycles. The summed E-state index contributed by atoms with van der Waals surface area (Å²) in [6.45, 7) is 7.16. The fourth-order valence-corrected chi connectivity index (χ4v) is 3.36. The Kier molecular flexibility index (Phi) is 6.52. The molecule has 2 N–H and O–H groups in total. The zero-order valence-corrected chi connectivity index (χ0v) is 17.3. The van der Waals surface area contributed by atoms with E-state index >= 15 is 0 Å². The van der Waals surface area contributed by atoms with Gasteiger partial charge in [-0.05, 0) is 44.0 Å². The van der Waals surface area contributed by atoms with E-state index in [9.17, 15) is 4.79 Å². The van der Waals surface area contributed by atoms with Crippen molar-refractivity contribution < 1.29 is 4.79 Å². The van der Waals surface area contributed by atoms with Gasteiger partial charge in [0, 0.05) is 18.0 Å². The van der Waals surface area contributed by atoms with Crippen molar-refractivity contribution in [2.75, 3.05) is 11.9 Å². The molecule has 7 heteroatoms. The number of nitrogens with one attached hydrogen (secondary N) is 2. The van der Waals surface area contributed by atoms with Crippen LogP contribution in [0.5, 0.6) is 0 Å². The van der Waals surface area contributed by atoms with Crippen LogP contribution in [0.15, 0.2) is 30.3 Å². The van der Waals surface area contributed by atoms with Crippen LogP contribution in [0, 0.1) is 6.92 Å². The molecule has 0 unspecified atom stereocenters. The summed E-state index contributed by atoms with van der Waals surface area (Å²) in [5, 5.41) is 6.31. The fourth-order valence-electron chi connectivity index (χ4n) is 3.15. The lowest BCUT2D eigenvalue weighted by atomic mass is 10.2. The third-order valence-electron chi connectivity index (χ3n) is 4.56. The highest BCUT2D eigenvalue weighted by molar-refractivity contribution is 6.30. The molecule has 148 valence electrons. The standard InChI is InChI=1S/C21H26ClN5O/c1-4-6-10-19-25-18-12-17(26-21(28)23-5-2)14(3)24-20(18)27(19)13-15-8-7-9-16(22)11-15/h7-9,11-12H,4-6,10,13H2,1-3H3,(H2,23,26,28). The Bertz CT molecular complexity index is 982. The monoisotopic (exact) mass is 399 g/mol. The van der Waals surface area contributed by atoms with Crippen molar-refractivity contribution in [1.82, 2.24) is 19.9 Å². The van der Waals surface area contributed by atoms with E-state index in [1.54, 1.807) is 0 Å². The summed E-state index contributed by atoms with van der Waals surface area (Å²) < 4.78 is 2.15. The number of unbranched alkanes of at least 4 members (excludes halogenated alkanes) is 1. The molecule has 3 aromatic rings. The van der Waals surface area contributed by atoms with Gasteiger partial charge in [-0.1, -0.05) is 37.1 Å².